The van der Waals surface area contributed by atoms with Gasteiger partial charge in [0.05, 0.1) is 0 Å². The lowest BCUT2D eigenvalue weighted by atomic mass is 10.1. The van der Waals surface area contributed by atoms with Crippen molar-refractivity contribution >= 4 is 17.7 Å². The molecule has 0 saturated carbocycles. The van der Waals surface area contributed by atoms with Crippen LogP contribution >= 0.6 is 11.6 Å². The molecule has 0 aliphatic heterocycles. The maximum atomic E-state index is 5.95. The SMILES string of the molecule is CCCNCC(=Cc1cccc(Cl)c1)CC. The molecule has 0 aliphatic carbocycles. The second-order valence-corrected chi connectivity index (χ2v) is 4.32. The fourth-order valence-corrected chi connectivity index (χ4v) is 1.73. The summed E-state index contributed by atoms with van der Waals surface area (Å²) in [4.78, 5) is 0. The summed E-state index contributed by atoms with van der Waals surface area (Å²) < 4.78 is 0. The maximum Gasteiger partial charge on any atom is 0.0411 e. The number of nitrogens with one attached hydrogen (secondary N) is 1. The standard InChI is InChI=1S/C14H20ClN/c1-3-8-16-11-12(4-2)9-13-6-5-7-14(15)10-13/h5-7,9-10,16H,3-4,8,11H2,1-2H3. The van der Waals surface area contributed by atoms with Crippen LogP contribution in [0, 0.1) is 0 Å². The van der Waals surface area contributed by atoms with Crippen molar-refractivity contribution in [3.8, 4) is 0 Å². The van der Waals surface area contributed by atoms with Crippen molar-refractivity contribution in [3.05, 3.63) is 40.4 Å². The maximum absolute atomic E-state index is 5.95. The molecule has 0 unspecified atom stereocenters. The molecule has 2 heteroatoms. The van der Waals surface area contributed by atoms with Crippen molar-refractivity contribution in [3.63, 3.8) is 0 Å². The summed E-state index contributed by atoms with van der Waals surface area (Å²) in [7, 11) is 0. The number of rotatable bonds is 6. The first-order valence-corrected chi connectivity index (χ1v) is 6.29. The Balaban J connectivity index is 2.64. The van der Waals surface area contributed by atoms with Crippen molar-refractivity contribution in [2.45, 2.75) is 26.7 Å². The quantitative estimate of drug-likeness (QED) is 0.734. The van der Waals surface area contributed by atoms with E-state index < -0.39 is 0 Å². The van der Waals surface area contributed by atoms with Gasteiger partial charge in [0.2, 0.25) is 0 Å². The summed E-state index contributed by atoms with van der Waals surface area (Å²) in [5.41, 5.74) is 2.60. The van der Waals surface area contributed by atoms with E-state index in [9.17, 15) is 0 Å². The Kier molecular flexibility index (Phi) is 6.20. The van der Waals surface area contributed by atoms with E-state index in [0.29, 0.717) is 0 Å². The van der Waals surface area contributed by atoms with E-state index in [4.69, 9.17) is 11.6 Å². The third kappa shape index (κ3) is 4.82. The second kappa shape index (κ2) is 7.48. The lowest BCUT2D eigenvalue weighted by molar-refractivity contribution is 0.706. The van der Waals surface area contributed by atoms with E-state index in [1.54, 1.807) is 0 Å². The largest absolute Gasteiger partial charge is 0.313 e. The zero-order chi connectivity index (χ0) is 11.8. The van der Waals surface area contributed by atoms with E-state index in [-0.39, 0.29) is 0 Å². The van der Waals surface area contributed by atoms with E-state index >= 15 is 0 Å². The Bertz CT molecular complexity index is 344. The van der Waals surface area contributed by atoms with Gasteiger partial charge in [-0.05, 0) is 37.1 Å². The molecular weight excluding hydrogens is 218 g/mol. The second-order valence-electron chi connectivity index (χ2n) is 3.89. The van der Waals surface area contributed by atoms with Crippen LogP contribution in [0.1, 0.15) is 32.3 Å². The van der Waals surface area contributed by atoms with Gasteiger partial charge in [0.15, 0.2) is 0 Å². The molecule has 1 aromatic carbocycles. The molecule has 0 heterocycles. The number of benzene rings is 1. The van der Waals surface area contributed by atoms with Crippen molar-refractivity contribution in [2.24, 2.45) is 0 Å². The molecule has 1 N–H and O–H groups in total. The van der Waals surface area contributed by atoms with Gasteiger partial charge in [0.25, 0.3) is 0 Å². The predicted octanol–water partition coefficient (Wildman–Crippen LogP) is 4.13. The number of hydrogen-bond acceptors (Lipinski definition) is 1. The topological polar surface area (TPSA) is 12.0 Å². The molecule has 0 bridgehead atoms. The Labute approximate surface area is 104 Å². The molecule has 1 rings (SSSR count). The monoisotopic (exact) mass is 237 g/mol. The Hall–Kier alpha value is -0.790. The summed E-state index contributed by atoms with van der Waals surface area (Å²) in [5.74, 6) is 0. The van der Waals surface area contributed by atoms with Crippen LogP contribution in [0.2, 0.25) is 5.02 Å². The number of hydrogen-bond donors (Lipinski definition) is 1. The van der Waals surface area contributed by atoms with Crippen LogP contribution in [0.25, 0.3) is 6.08 Å². The van der Waals surface area contributed by atoms with Gasteiger partial charge in [-0.25, -0.2) is 0 Å². The highest BCUT2D eigenvalue weighted by Crippen LogP contribution is 2.14. The Morgan fingerprint density at radius 2 is 2.19 bits per heavy atom. The molecule has 0 radical (unpaired) electrons. The van der Waals surface area contributed by atoms with Gasteiger partial charge in [0.1, 0.15) is 0 Å². The molecule has 0 fully saturated rings. The molecular formula is C14H20ClN. The minimum atomic E-state index is 0.797. The Morgan fingerprint density at radius 1 is 1.38 bits per heavy atom. The molecule has 88 valence electrons. The molecule has 0 aromatic heterocycles. The van der Waals surface area contributed by atoms with Gasteiger partial charge in [-0.1, -0.05) is 49.2 Å². The summed E-state index contributed by atoms with van der Waals surface area (Å²) in [6.07, 6.45) is 4.46. The molecule has 1 aromatic rings. The van der Waals surface area contributed by atoms with Gasteiger partial charge < -0.3 is 5.32 Å². The van der Waals surface area contributed by atoms with Crippen LogP contribution in [-0.2, 0) is 0 Å². The van der Waals surface area contributed by atoms with Crippen molar-refractivity contribution < 1.29 is 0 Å². The van der Waals surface area contributed by atoms with Crippen LogP contribution in [0.15, 0.2) is 29.8 Å². The zero-order valence-corrected chi connectivity index (χ0v) is 10.8. The van der Waals surface area contributed by atoms with Gasteiger partial charge in [-0.15, -0.1) is 0 Å². The smallest absolute Gasteiger partial charge is 0.0411 e. The molecule has 1 nitrogen and oxygen atoms in total. The number of halogens is 1. The molecule has 0 atom stereocenters. The first kappa shape index (κ1) is 13.3. The fourth-order valence-electron chi connectivity index (χ4n) is 1.54. The predicted molar refractivity (Wildman–Crippen MR) is 72.9 cm³/mol. The zero-order valence-electron chi connectivity index (χ0n) is 10.1. The van der Waals surface area contributed by atoms with Gasteiger partial charge in [0, 0.05) is 11.6 Å². The summed E-state index contributed by atoms with van der Waals surface area (Å²) in [6, 6.07) is 7.97. The lowest BCUT2D eigenvalue weighted by Crippen LogP contribution is -2.17. The van der Waals surface area contributed by atoms with Gasteiger partial charge >= 0.3 is 0 Å². The van der Waals surface area contributed by atoms with Crippen LogP contribution in [0.5, 0.6) is 0 Å². The van der Waals surface area contributed by atoms with Crippen LogP contribution in [0.4, 0.5) is 0 Å². The van der Waals surface area contributed by atoms with Crippen molar-refractivity contribution in [1.29, 1.82) is 0 Å². The van der Waals surface area contributed by atoms with Crippen molar-refractivity contribution in [2.75, 3.05) is 13.1 Å². The third-order valence-corrected chi connectivity index (χ3v) is 2.69. The minimum absolute atomic E-state index is 0.797. The molecule has 16 heavy (non-hydrogen) atoms. The summed E-state index contributed by atoms with van der Waals surface area (Å²) in [5, 5.41) is 4.22. The minimum Gasteiger partial charge on any atom is -0.313 e. The highest BCUT2D eigenvalue weighted by Gasteiger charge is 1.96. The highest BCUT2D eigenvalue weighted by molar-refractivity contribution is 6.30. The average Bonchev–Trinajstić information content (AvgIpc) is 2.28. The first-order valence-electron chi connectivity index (χ1n) is 5.92. The van der Waals surface area contributed by atoms with E-state index in [2.05, 4.69) is 31.3 Å². The average molecular weight is 238 g/mol. The lowest BCUT2D eigenvalue weighted by Gasteiger charge is -2.06. The van der Waals surface area contributed by atoms with Crippen LogP contribution < -0.4 is 5.32 Å². The summed E-state index contributed by atoms with van der Waals surface area (Å²) in [6.45, 7) is 6.41. The third-order valence-electron chi connectivity index (χ3n) is 2.45. The molecule has 0 spiro atoms. The van der Waals surface area contributed by atoms with Gasteiger partial charge in [-0.2, -0.15) is 0 Å². The molecule has 0 aliphatic rings. The van der Waals surface area contributed by atoms with E-state index in [1.807, 2.05) is 18.2 Å². The molecule has 0 amide bonds. The first-order chi connectivity index (χ1) is 7.76. The molecule has 0 saturated heterocycles. The van der Waals surface area contributed by atoms with Crippen molar-refractivity contribution in [1.82, 2.24) is 5.32 Å². The van der Waals surface area contributed by atoms with Crippen LogP contribution in [-0.4, -0.2) is 13.1 Å². The fraction of sp³-hybridized carbons (Fsp3) is 0.429. The van der Waals surface area contributed by atoms with E-state index in [1.165, 1.54) is 17.6 Å². The normalized spacial score (nSPS) is 11.8. The van der Waals surface area contributed by atoms with Gasteiger partial charge in [-0.3, -0.25) is 0 Å². The van der Waals surface area contributed by atoms with E-state index in [0.717, 1.165) is 24.5 Å². The van der Waals surface area contributed by atoms with Crippen LogP contribution in [0.3, 0.4) is 0 Å². The Morgan fingerprint density at radius 3 is 2.81 bits per heavy atom. The summed E-state index contributed by atoms with van der Waals surface area (Å²) >= 11 is 5.95. The highest BCUT2D eigenvalue weighted by atomic mass is 35.5.